The molecule has 56 heavy (non-hydrogen) atoms. The number of benzene rings is 4. The van der Waals surface area contributed by atoms with Crippen LogP contribution in [0.1, 0.15) is 47.2 Å². The molecule has 2 saturated heterocycles. The van der Waals surface area contributed by atoms with Crippen LogP contribution in [0.4, 0.5) is 0 Å². The first-order valence-corrected chi connectivity index (χ1v) is 21.0. The van der Waals surface area contributed by atoms with Crippen molar-refractivity contribution in [2.45, 2.75) is 49.9 Å². The standard InChI is InChI=1S/C44H52Cl4N6O2/c1-51(43(55)25-31-13-15-37(45)39(47)23-31)41(33-9-5-3-6-10-33)29-53-21-17-35(27-53)49-19-20-50-36-18-22-54(28-36)30-42(34-11-7-4-8-12-34)52(2)44(56)26-32-14-16-38(46)40(48)24-32/h3-16,23-24,35-36,41-42,49-50H,17-22,25-30H2,1-2H3/t35-,36-,41+,42?/m0/s1. The van der Waals surface area contributed by atoms with E-state index in [2.05, 4.69) is 44.7 Å². The summed E-state index contributed by atoms with van der Waals surface area (Å²) in [6, 6.07) is 32.0. The zero-order valence-corrected chi connectivity index (χ0v) is 35.2. The minimum Gasteiger partial charge on any atom is -0.337 e. The Hall–Kier alpha value is -3.18. The Morgan fingerprint density at radius 3 is 1.38 bits per heavy atom. The maximum atomic E-state index is 13.5. The van der Waals surface area contributed by atoms with Gasteiger partial charge in [0.1, 0.15) is 0 Å². The summed E-state index contributed by atoms with van der Waals surface area (Å²) in [5, 5.41) is 9.44. The number of likely N-dealkylation sites (tertiary alicyclic amines) is 2. The van der Waals surface area contributed by atoms with E-state index in [9.17, 15) is 9.59 Å². The second-order valence-corrected chi connectivity index (χ2v) is 16.7. The van der Waals surface area contributed by atoms with E-state index in [1.54, 1.807) is 24.3 Å². The summed E-state index contributed by atoms with van der Waals surface area (Å²) in [4.78, 5) is 35.7. The van der Waals surface area contributed by atoms with Gasteiger partial charge in [0.05, 0.1) is 45.0 Å². The van der Waals surface area contributed by atoms with Crippen LogP contribution >= 0.6 is 46.4 Å². The van der Waals surface area contributed by atoms with Gasteiger partial charge in [-0.15, -0.1) is 0 Å². The number of halogens is 4. The Kier molecular flexibility index (Phi) is 15.5. The number of nitrogens with one attached hydrogen (secondary N) is 2. The van der Waals surface area contributed by atoms with Gasteiger partial charge in [-0.3, -0.25) is 19.4 Å². The number of hydrogen-bond acceptors (Lipinski definition) is 6. The molecule has 2 fully saturated rings. The molecule has 2 N–H and O–H groups in total. The molecule has 298 valence electrons. The Labute approximate surface area is 352 Å². The van der Waals surface area contributed by atoms with Gasteiger partial charge in [0, 0.05) is 65.4 Å². The first kappa shape index (κ1) is 42.4. The fourth-order valence-electron chi connectivity index (χ4n) is 7.87. The van der Waals surface area contributed by atoms with Crippen molar-refractivity contribution < 1.29 is 9.59 Å². The van der Waals surface area contributed by atoms with Gasteiger partial charge in [-0.1, -0.05) is 119 Å². The van der Waals surface area contributed by atoms with Gasteiger partial charge in [0.15, 0.2) is 0 Å². The monoisotopic (exact) mass is 836 g/mol. The van der Waals surface area contributed by atoms with Crippen LogP contribution in [0, 0.1) is 0 Å². The number of rotatable bonds is 17. The lowest BCUT2D eigenvalue weighted by Gasteiger charge is -2.32. The molecular formula is C44H52Cl4N6O2. The van der Waals surface area contributed by atoms with Gasteiger partial charge in [-0.05, 0) is 72.5 Å². The molecule has 0 aliphatic carbocycles. The SMILES string of the molecule is CN(C(=O)Cc1ccc(Cl)c(Cl)c1)C(CN1CC[C@H](NCCN[C@H]2CCN(C[C@H](c3ccccc3)N(C)C(=O)Cc3ccc(Cl)c(Cl)c3)C2)C1)c1ccccc1. The normalized spacial score (nSPS) is 18.5. The maximum absolute atomic E-state index is 13.5. The summed E-state index contributed by atoms with van der Waals surface area (Å²) in [7, 11) is 3.80. The van der Waals surface area contributed by atoms with E-state index in [4.69, 9.17) is 46.4 Å². The summed E-state index contributed by atoms with van der Waals surface area (Å²) in [6.07, 6.45) is 2.66. The van der Waals surface area contributed by atoms with Crippen LogP contribution in [0.15, 0.2) is 97.1 Å². The Bertz CT molecular complexity index is 1770. The van der Waals surface area contributed by atoms with Crippen LogP contribution in [0.5, 0.6) is 0 Å². The van der Waals surface area contributed by atoms with Crippen LogP contribution in [0.2, 0.25) is 20.1 Å². The molecule has 0 saturated carbocycles. The average molecular weight is 839 g/mol. The molecule has 6 rings (SSSR count). The fourth-order valence-corrected chi connectivity index (χ4v) is 8.51. The van der Waals surface area contributed by atoms with Crippen LogP contribution < -0.4 is 10.6 Å². The first-order chi connectivity index (χ1) is 27.0. The summed E-state index contributed by atoms with van der Waals surface area (Å²) in [5.74, 6) is 0.0809. The Morgan fingerprint density at radius 2 is 1.00 bits per heavy atom. The van der Waals surface area contributed by atoms with Crippen molar-refractivity contribution in [3.63, 3.8) is 0 Å². The van der Waals surface area contributed by atoms with Crippen LogP contribution in [0.25, 0.3) is 0 Å². The number of carbonyl (C=O) groups excluding carboxylic acids is 2. The minimum atomic E-state index is -0.0702. The first-order valence-electron chi connectivity index (χ1n) is 19.4. The quantitative estimate of drug-likeness (QED) is 0.106. The second kappa shape index (κ2) is 20.5. The third kappa shape index (κ3) is 11.7. The molecule has 0 radical (unpaired) electrons. The summed E-state index contributed by atoms with van der Waals surface area (Å²) < 4.78 is 0. The van der Waals surface area contributed by atoms with Crippen LogP contribution in [-0.4, -0.2) is 110 Å². The third-order valence-corrected chi connectivity index (χ3v) is 12.6. The van der Waals surface area contributed by atoms with Crippen molar-refractivity contribution in [1.29, 1.82) is 0 Å². The molecule has 12 heteroatoms. The van der Waals surface area contributed by atoms with E-state index in [1.165, 1.54) is 0 Å². The van der Waals surface area contributed by atoms with E-state index >= 15 is 0 Å². The molecule has 4 aromatic carbocycles. The van der Waals surface area contributed by atoms with Crippen molar-refractivity contribution in [3.8, 4) is 0 Å². The highest BCUT2D eigenvalue weighted by atomic mass is 35.5. The Morgan fingerprint density at radius 1 is 0.607 bits per heavy atom. The van der Waals surface area contributed by atoms with Crippen LogP contribution in [-0.2, 0) is 22.4 Å². The zero-order valence-electron chi connectivity index (χ0n) is 32.1. The molecule has 2 aliphatic rings. The topological polar surface area (TPSA) is 71.2 Å². The van der Waals surface area contributed by atoms with E-state index in [-0.39, 0.29) is 36.7 Å². The molecule has 2 amide bonds. The highest BCUT2D eigenvalue weighted by molar-refractivity contribution is 6.42. The molecular weight excluding hydrogens is 786 g/mol. The summed E-state index contributed by atoms with van der Waals surface area (Å²) >= 11 is 24.7. The number of likely N-dealkylation sites (N-methyl/N-ethyl adjacent to an activating group) is 2. The highest BCUT2D eigenvalue weighted by Gasteiger charge is 2.31. The predicted molar refractivity (Wildman–Crippen MR) is 230 cm³/mol. The smallest absolute Gasteiger partial charge is 0.227 e. The van der Waals surface area contributed by atoms with Gasteiger partial charge in [0.25, 0.3) is 0 Å². The van der Waals surface area contributed by atoms with Gasteiger partial charge in [-0.25, -0.2) is 0 Å². The molecule has 2 aliphatic heterocycles. The van der Waals surface area contributed by atoms with Gasteiger partial charge in [0.2, 0.25) is 11.8 Å². The van der Waals surface area contributed by atoms with Crippen molar-refractivity contribution >= 4 is 58.2 Å². The molecule has 0 spiro atoms. The lowest BCUT2D eigenvalue weighted by atomic mass is 10.0. The van der Waals surface area contributed by atoms with Gasteiger partial charge >= 0.3 is 0 Å². The lowest BCUT2D eigenvalue weighted by Crippen LogP contribution is -2.43. The number of nitrogens with zero attached hydrogens (tertiary/aromatic N) is 4. The second-order valence-electron chi connectivity index (χ2n) is 15.1. The lowest BCUT2D eigenvalue weighted by molar-refractivity contribution is -0.132. The van der Waals surface area contributed by atoms with Crippen molar-refractivity contribution in [1.82, 2.24) is 30.2 Å². The van der Waals surface area contributed by atoms with E-state index in [1.807, 2.05) is 72.4 Å². The van der Waals surface area contributed by atoms with Gasteiger partial charge < -0.3 is 20.4 Å². The molecule has 0 bridgehead atoms. The van der Waals surface area contributed by atoms with Gasteiger partial charge in [-0.2, -0.15) is 0 Å². The summed E-state index contributed by atoms with van der Waals surface area (Å²) in [6.45, 7) is 7.14. The maximum Gasteiger partial charge on any atom is 0.227 e. The number of carbonyl (C=O) groups is 2. The molecule has 0 aromatic heterocycles. The average Bonchev–Trinajstić information content (AvgIpc) is 3.86. The van der Waals surface area contributed by atoms with Crippen molar-refractivity contribution in [2.24, 2.45) is 0 Å². The van der Waals surface area contributed by atoms with E-state index in [0.29, 0.717) is 32.2 Å². The largest absolute Gasteiger partial charge is 0.337 e. The predicted octanol–water partition coefficient (Wildman–Crippen LogP) is 7.81. The Balaban J connectivity index is 0.952. The molecule has 4 aromatic rings. The van der Waals surface area contributed by atoms with E-state index in [0.717, 1.165) is 87.5 Å². The van der Waals surface area contributed by atoms with Crippen LogP contribution in [0.3, 0.4) is 0 Å². The zero-order chi connectivity index (χ0) is 39.6. The highest BCUT2D eigenvalue weighted by Crippen LogP contribution is 2.28. The molecule has 4 atom stereocenters. The number of hydrogen-bond donors (Lipinski definition) is 2. The minimum absolute atomic E-state index is 0.0404. The molecule has 1 unspecified atom stereocenters. The fraction of sp³-hybridized carbons (Fsp3) is 0.409. The van der Waals surface area contributed by atoms with E-state index < -0.39 is 0 Å². The van der Waals surface area contributed by atoms with Crippen molar-refractivity contribution in [3.05, 3.63) is 139 Å². The summed E-state index contributed by atoms with van der Waals surface area (Å²) in [5.41, 5.74) is 3.95. The third-order valence-electron chi connectivity index (χ3n) is 11.2. The van der Waals surface area contributed by atoms with Crippen molar-refractivity contribution in [2.75, 3.05) is 66.5 Å². The molecule has 8 nitrogen and oxygen atoms in total. The molecule has 2 heterocycles. The number of amides is 2.